The molecule has 32 heavy (non-hydrogen) atoms. The van der Waals surface area contributed by atoms with Crippen LogP contribution in [0, 0.1) is 0 Å². The number of imide groups is 1. The second kappa shape index (κ2) is 9.58. The van der Waals surface area contributed by atoms with Crippen molar-refractivity contribution >= 4 is 40.6 Å². The van der Waals surface area contributed by atoms with Gasteiger partial charge in [-0.2, -0.15) is 0 Å². The van der Waals surface area contributed by atoms with E-state index in [1.807, 2.05) is 6.92 Å². The Morgan fingerprint density at radius 3 is 2.69 bits per heavy atom. The van der Waals surface area contributed by atoms with E-state index in [9.17, 15) is 9.59 Å². The zero-order valence-corrected chi connectivity index (χ0v) is 18.8. The fraction of sp³-hybridized carbons (Fsp3) is 0.217. The lowest BCUT2D eigenvalue weighted by molar-refractivity contribution is -0.123. The maximum absolute atomic E-state index is 12.9. The number of carbonyl (C=O) groups excluding carboxylic acids is 2. The molecule has 2 aliphatic heterocycles. The smallest absolute Gasteiger partial charge is 0.293 e. The van der Waals surface area contributed by atoms with E-state index in [2.05, 4.69) is 6.58 Å². The number of rotatable bonds is 8. The Hall–Kier alpha value is -3.10. The summed E-state index contributed by atoms with van der Waals surface area (Å²) in [6.45, 7) is 6.47. The van der Waals surface area contributed by atoms with Crippen molar-refractivity contribution in [3.8, 4) is 23.0 Å². The molecule has 7 nitrogen and oxygen atoms in total. The topological polar surface area (TPSA) is 74.3 Å². The molecule has 0 N–H and O–H groups in total. The minimum absolute atomic E-state index is 0.0377. The summed E-state index contributed by atoms with van der Waals surface area (Å²) >= 11 is 7.19. The van der Waals surface area contributed by atoms with Gasteiger partial charge in [-0.25, -0.2) is 0 Å². The first kappa shape index (κ1) is 22.1. The summed E-state index contributed by atoms with van der Waals surface area (Å²) in [5.74, 6) is 1.81. The molecule has 2 amide bonds. The molecule has 0 bridgehead atoms. The highest BCUT2D eigenvalue weighted by molar-refractivity contribution is 8.18. The maximum atomic E-state index is 12.9. The van der Waals surface area contributed by atoms with Crippen LogP contribution in [0.3, 0.4) is 0 Å². The van der Waals surface area contributed by atoms with E-state index in [4.69, 9.17) is 30.5 Å². The van der Waals surface area contributed by atoms with Crippen molar-refractivity contribution in [2.45, 2.75) is 13.5 Å². The zero-order chi connectivity index (χ0) is 22.7. The number of carbonyl (C=O) groups is 2. The molecule has 0 aromatic heterocycles. The van der Waals surface area contributed by atoms with Gasteiger partial charge in [0.2, 0.25) is 6.79 Å². The third-order valence-electron chi connectivity index (χ3n) is 4.67. The van der Waals surface area contributed by atoms with Crippen LogP contribution in [0.4, 0.5) is 4.79 Å². The summed E-state index contributed by atoms with van der Waals surface area (Å²) in [5.41, 5.74) is 1.31. The SMILES string of the molecule is C=CCOc1ccc(/C=C2\SC(=O)N(Cc3cc4c(cc3Cl)OCO4)C2=O)cc1OCC. The van der Waals surface area contributed by atoms with E-state index >= 15 is 0 Å². The second-order valence-corrected chi connectivity index (χ2v) is 8.20. The minimum atomic E-state index is -0.390. The zero-order valence-electron chi connectivity index (χ0n) is 17.3. The lowest BCUT2D eigenvalue weighted by Gasteiger charge is -2.14. The average molecular weight is 474 g/mol. The standard InChI is InChI=1S/C23H20ClNO6S/c1-3-7-29-17-6-5-14(8-18(17)28-4-2)9-21-22(26)25(23(27)32-21)12-15-10-19-20(11-16(15)24)31-13-30-19/h3,5-6,8-11H,1,4,7,12-13H2,2H3/b21-9-. The minimum Gasteiger partial charge on any atom is -0.490 e. The maximum Gasteiger partial charge on any atom is 0.293 e. The van der Waals surface area contributed by atoms with Crippen LogP contribution in [0.15, 0.2) is 47.9 Å². The van der Waals surface area contributed by atoms with Crippen molar-refractivity contribution in [1.82, 2.24) is 4.90 Å². The Morgan fingerprint density at radius 2 is 1.94 bits per heavy atom. The van der Waals surface area contributed by atoms with E-state index < -0.39 is 5.91 Å². The average Bonchev–Trinajstić information content (AvgIpc) is 3.32. The lowest BCUT2D eigenvalue weighted by atomic mass is 10.1. The largest absolute Gasteiger partial charge is 0.490 e. The molecular weight excluding hydrogens is 454 g/mol. The van der Waals surface area contributed by atoms with E-state index in [-0.39, 0.29) is 18.6 Å². The normalized spacial score (nSPS) is 16.1. The monoisotopic (exact) mass is 473 g/mol. The van der Waals surface area contributed by atoms with Crippen LogP contribution >= 0.6 is 23.4 Å². The van der Waals surface area contributed by atoms with Crippen LogP contribution in [0.2, 0.25) is 5.02 Å². The molecule has 4 rings (SSSR count). The van der Waals surface area contributed by atoms with E-state index in [1.165, 1.54) is 0 Å². The summed E-state index contributed by atoms with van der Waals surface area (Å²) in [6.07, 6.45) is 3.30. The van der Waals surface area contributed by atoms with Crippen molar-refractivity contribution in [1.29, 1.82) is 0 Å². The van der Waals surface area contributed by atoms with Crippen LogP contribution in [0.1, 0.15) is 18.1 Å². The van der Waals surface area contributed by atoms with Crippen LogP contribution in [-0.2, 0) is 11.3 Å². The van der Waals surface area contributed by atoms with Gasteiger partial charge < -0.3 is 18.9 Å². The Morgan fingerprint density at radius 1 is 1.16 bits per heavy atom. The lowest BCUT2D eigenvalue weighted by Crippen LogP contribution is -2.27. The number of thioether (sulfide) groups is 1. The van der Waals surface area contributed by atoms with Gasteiger partial charge in [0.1, 0.15) is 6.61 Å². The Balaban J connectivity index is 1.55. The van der Waals surface area contributed by atoms with Gasteiger partial charge in [-0.1, -0.05) is 30.3 Å². The summed E-state index contributed by atoms with van der Waals surface area (Å²) in [6, 6.07) is 8.64. The number of hydrogen-bond donors (Lipinski definition) is 0. The number of benzene rings is 2. The van der Waals surface area contributed by atoms with Gasteiger partial charge in [-0.15, -0.1) is 0 Å². The Labute approximate surface area is 194 Å². The van der Waals surface area contributed by atoms with Gasteiger partial charge in [0.25, 0.3) is 11.1 Å². The summed E-state index contributed by atoms with van der Waals surface area (Å²) in [5, 5.41) is 0.0275. The molecule has 0 spiro atoms. The van der Waals surface area contributed by atoms with Crippen molar-refractivity contribution in [2.24, 2.45) is 0 Å². The molecule has 0 aliphatic carbocycles. The fourth-order valence-corrected chi connectivity index (χ4v) is 4.24. The van der Waals surface area contributed by atoms with Crippen molar-refractivity contribution in [3.63, 3.8) is 0 Å². The number of halogens is 1. The number of ether oxygens (including phenoxy) is 4. The Bertz CT molecular complexity index is 1120. The molecule has 1 fully saturated rings. The van der Waals surface area contributed by atoms with Crippen molar-refractivity contribution < 1.29 is 28.5 Å². The van der Waals surface area contributed by atoms with Crippen LogP contribution < -0.4 is 18.9 Å². The molecule has 9 heteroatoms. The molecule has 0 unspecified atom stereocenters. The Kier molecular flexibility index (Phi) is 6.62. The third kappa shape index (κ3) is 4.56. The molecule has 166 valence electrons. The van der Waals surface area contributed by atoms with E-state index in [0.717, 1.165) is 16.7 Å². The molecule has 2 heterocycles. The highest BCUT2D eigenvalue weighted by Crippen LogP contribution is 2.40. The van der Waals surface area contributed by atoms with Gasteiger partial charge in [-0.05, 0) is 54.1 Å². The molecular formula is C23H20ClNO6S. The summed E-state index contributed by atoms with van der Waals surface area (Å²) in [7, 11) is 0. The molecule has 0 saturated carbocycles. The van der Waals surface area contributed by atoms with Gasteiger partial charge >= 0.3 is 0 Å². The van der Waals surface area contributed by atoms with Gasteiger partial charge in [0.05, 0.1) is 18.1 Å². The number of fused-ring (bicyclic) bond motifs is 1. The third-order valence-corrected chi connectivity index (χ3v) is 5.92. The first-order valence-electron chi connectivity index (χ1n) is 9.84. The van der Waals surface area contributed by atoms with Crippen LogP contribution in [0.25, 0.3) is 6.08 Å². The molecule has 0 radical (unpaired) electrons. The summed E-state index contributed by atoms with van der Waals surface area (Å²) < 4.78 is 21.9. The fourth-order valence-electron chi connectivity index (χ4n) is 3.19. The van der Waals surface area contributed by atoms with Crippen LogP contribution in [-0.4, -0.2) is 36.1 Å². The van der Waals surface area contributed by atoms with Crippen molar-refractivity contribution in [3.05, 3.63) is 64.0 Å². The van der Waals surface area contributed by atoms with Gasteiger partial charge in [0.15, 0.2) is 23.0 Å². The van der Waals surface area contributed by atoms with Crippen molar-refractivity contribution in [2.75, 3.05) is 20.0 Å². The van der Waals surface area contributed by atoms with E-state index in [1.54, 1.807) is 42.5 Å². The molecule has 1 saturated heterocycles. The molecule has 0 atom stereocenters. The predicted octanol–water partition coefficient (Wildman–Crippen LogP) is 5.27. The first-order chi connectivity index (χ1) is 15.5. The van der Waals surface area contributed by atoms with Crippen LogP contribution in [0.5, 0.6) is 23.0 Å². The molecule has 2 aliphatic rings. The quantitative estimate of drug-likeness (QED) is 0.382. The second-order valence-electron chi connectivity index (χ2n) is 6.80. The van der Waals surface area contributed by atoms with Gasteiger partial charge in [-0.3, -0.25) is 14.5 Å². The highest BCUT2D eigenvalue weighted by Gasteiger charge is 2.35. The predicted molar refractivity (Wildman–Crippen MR) is 122 cm³/mol. The summed E-state index contributed by atoms with van der Waals surface area (Å²) in [4.78, 5) is 27.0. The van der Waals surface area contributed by atoms with E-state index in [0.29, 0.717) is 57.3 Å². The first-order valence-corrected chi connectivity index (χ1v) is 11.0. The highest BCUT2D eigenvalue weighted by atomic mass is 35.5. The number of amides is 2. The number of hydrogen-bond acceptors (Lipinski definition) is 7. The molecule has 2 aromatic carbocycles. The molecule has 2 aromatic rings. The van der Waals surface area contributed by atoms with Gasteiger partial charge in [0, 0.05) is 11.1 Å². The number of nitrogens with zero attached hydrogens (tertiary/aromatic N) is 1.